The van der Waals surface area contributed by atoms with Gasteiger partial charge in [0.25, 0.3) is 5.91 Å². The minimum atomic E-state index is -0.763. The Morgan fingerprint density at radius 1 is 1.62 bits per heavy atom. The second-order valence-corrected chi connectivity index (χ2v) is 5.09. The van der Waals surface area contributed by atoms with Crippen LogP contribution in [0, 0.1) is 0 Å². The summed E-state index contributed by atoms with van der Waals surface area (Å²) in [4.78, 5) is 14.1. The quantitative estimate of drug-likeness (QED) is 0.787. The highest BCUT2D eigenvalue weighted by molar-refractivity contribution is 5.84. The van der Waals surface area contributed by atoms with Gasteiger partial charge in [0.2, 0.25) is 0 Å². The number of ether oxygens (including phenoxy) is 1. The van der Waals surface area contributed by atoms with Crippen LogP contribution in [0.5, 0.6) is 0 Å². The summed E-state index contributed by atoms with van der Waals surface area (Å²) in [6.45, 7) is 6.12. The molecule has 0 aromatic carbocycles. The Labute approximate surface area is 97.6 Å². The molecule has 0 aromatic rings. The lowest BCUT2D eigenvalue weighted by atomic mass is 10.0. The van der Waals surface area contributed by atoms with Crippen molar-refractivity contribution in [1.29, 1.82) is 0 Å². The van der Waals surface area contributed by atoms with E-state index in [1.807, 2.05) is 4.90 Å². The molecule has 1 aliphatic heterocycles. The van der Waals surface area contributed by atoms with E-state index in [1.54, 1.807) is 27.9 Å². The third-order valence-electron chi connectivity index (χ3n) is 3.28. The number of aliphatic hydroxyl groups excluding tert-OH is 1. The number of carbonyl (C=O) groups excluding carboxylic acids is 1. The first-order valence-corrected chi connectivity index (χ1v) is 5.92. The van der Waals surface area contributed by atoms with Crippen LogP contribution >= 0.6 is 0 Å². The molecule has 0 aliphatic carbocycles. The number of carbonyl (C=O) groups is 1. The van der Waals surface area contributed by atoms with Crippen molar-refractivity contribution in [2.45, 2.75) is 57.8 Å². The summed E-state index contributed by atoms with van der Waals surface area (Å²) in [5, 5.41) is 9.40. The predicted octanol–water partition coefficient (Wildman–Crippen LogP) is 1.17. The fourth-order valence-electron chi connectivity index (χ4n) is 2.18. The van der Waals surface area contributed by atoms with Crippen LogP contribution in [-0.2, 0) is 9.53 Å². The molecule has 1 amide bonds. The van der Waals surface area contributed by atoms with E-state index in [2.05, 4.69) is 0 Å². The Morgan fingerprint density at radius 2 is 2.25 bits per heavy atom. The van der Waals surface area contributed by atoms with Gasteiger partial charge in [-0.15, -0.1) is 0 Å². The van der Waals surface area contributed by atoms with Crippen molar-refractivity contribution in [1.82, 2.24) is 4.90 Å². The third kappa shape index (κ3) is 2.95. The Bertz CT molecular complexity index is 251. The summed E-state index contributed by atoms with van der Waals surface area (Å²) in [6.07, 6.45) is 2.30. The van der Waals surface area contributed by atoms with Crippen molar-refractivity contribution in [2.75, 3.05) is 13.7 Å². The van der Waals surface area contributed by atoms with Crippen LogP contribution in [0.1, 0.15) is 40.0 Å². The van der Waals surface area contributed by atoms with E-state index in [-0.39, 0.29) is 18.1 Å². The topological polar surface area (TPSA) is 49.8 Å². The number of hydrogen-bond acceptors (Lipinski definition) is 3. The van der Waals surface area contributed by atoms with Gasteiger partial charge in [-0.3, -0.25) is 4.79 Å². The van der Waals surface area contributed by atoms with E-state index in [4.69, 9.17) is 4.74 Å². The minimum absolute atomic E-state index is 0.0261. The highest BCUT2D eigenvalue weighted by Crippen LogP contribution is 2.25. The van der Waals surface area contributed by atoms with Crippen molar-refractivity contribution in [3.8, 4) is 0 Å². The van der Waals surface area contributed by atoms with Gasteiger partial charge in [0.1, 0.15) is 5.60 Å². The molecule has 0 spiro atoms. The summed E-state index contributed by atoms with van der Waals surface area (Å²) in [7, 11) is 1.55. The molecule has 1 fully saturated rings. The van der Waals surface area contributed by atoms with Crippen molar-refractivity contribution in [2.24, 2.45) is 0 Å². The molecule has 1 rings (SSSR count). The van der Waals surface area contributed by atoms with Gasteiger partial charge in [-0.1, -0.05) is 0 Å². The van der Waals surface area contributed by atoms with E-state index in [1.165, 1.54) is 0 Å². The highest BCUT2D eigenvalue weighted by Gasteiger charge is 2.37. The number of aliphatic hydroxyl groups is 1. The zero-order chi connectivity index (χ0) is 12.3. The SMILES string of the molecule is COC(C)(C)C(=O)N1CCCC1CC(C)O. The fraction of sp³-hybridized carbons (Fsp3) is 0.917. The number of likely N-dealkylation sites (tertiary alicyclic amines) is 1. The van der Waals surface area contributed by atoms with Crippen LogP contribution in [0.3, 0.4) is 0 Å². The standard InChI is InChI=1S/C12H23NO3/c1-9(14)8-10-6-5-7-13(10)11(15)12(2,3)16-4/h9-10,14H,5-8H2,1-4H3. The second kappa shape index (κ2) is 5.15. The maximum Gasteiger partial charge on any atom is 0.254 e. The summed E-state index contributed by atoms with van der Waals surface area (Å²) in [5.41, 5.74) is -0.763. The number of rotatable bonds is 4. The summed E-state index contributed by atoms with van der Waals surface area (Å²) >= 11 is 0. The molecule has 4 heteroatoms. The van der Waals surface area contributed by atoms with Crippen molar-refractivity contribution in [3.05, 3.63) is 0 Å². The average Bonchev–Trinajstić information content (AvgIpc) is 2.63. The molecule has 4 nitrogen and oxygen atoms in total. The van der Waals surface area contributed by atoms with E-state index in [0.717, 1.165) is 19.4 Å². The van der Waals surface area contributed by atoms with Gasteiger partial charge in [-0.05, 0) is 40.0 Å². The third-order valence-corrected chi connectivity index (χ3v) is 3.28. The Morgan fingerprint density at radius 3 is 2.75 bits per heavy atom. The van der Waals surface area contributed by atoms with Crippen LogP contribution in [0.4, 0.5) is 0 Å². The number of amides is 1. The lowest BCUT2D eigenvalue weighted by Crippen LogP contribution is -2.48. The van der Waals surface area contributed by atoms with Gasteiger partial charge in [0, 0.05) is 19.7 Å². The summed E-state index contributed by atoms with van der Waals surface area (Å²) < 4.78 is 5.21. The van der Waals surface area contributed by atoms with Gasteiger partial charge in [-0.2, -0.15) is 0 Å². The van der Waals surface area contributed by atoms with E-state index in [9.17, 15) is 9.90 Å². The normalized spacial score (nSPS) is 23.6. The summed E-state index contributed by atoms with van der Waals surface area (Å²) in [5.74, 6) is 0.0261. The molecule has 0 saturated carbocycles. The minimum Gasteiger partial charge on any atom is -0.393 e. The molecular formula is C12H23NO3. The number of nitrogens with zero attached hydrogens (tertiary/aromatic N) is 1. The molecule has 94 valence electrons. The maximum absolute atomic E-state index is 12.2. The average molecular weight is 229 g/mol. The van der Waals surface area contributed by atoms with Crippen LogP contribution < -0.4 is 0 Å². The van der Waals surface area contributed by atoms with E-state index >= 15 is 0 Å². The Balaban J connectivity index is 2.68. The lowest BCUT2D eigenvalue weighted by Gasteiger charge is -2.32. The number of methoxy groups -OCH3 is 1. The molecular weight excluding hydrogens is 206 g/mol. The van der Waals surface area contributed by atoms with Crippen molar-refractivity contribution >= 4 is 5.91 Å². The smallest absolute Gasteiger partial charge is 0.254 e. The lowest BCUT2D eigenvalue weighted by molar-refractivity contribution is -0.152. The van der Waals surface area contributed by atoms with Gasteiger partial charge in [0.15, 0.2) is 0 Å². The zero-order valence-corrected chi connectivity index (χ0v) is 10.7. The van der Waals surface area contributed by atoms with Crippen LogP contribution in [-0.4, -0.2) is 47.3 Å². The monoisotopic (exact) mass is 229 g/mol. The van der Waals surface area contributed by atoms with E-state index in [0.29, 0.717) is 6.42 Å². The summed E-state index contributed by atoms with van der Waals surface area (Å²) in [6, 6.07) is 0.168. The second-order valence-electron chi connectivity index (χ2n) is 5.09. The van der Waals surface area contributed by atoms with Crippen molar-refractivity contribution in [3.63, 3.8) is 0 Å². The van der Waals surface area contributed by atoms with Gasteiger partial charge in [0.05, 0.1) is 6.10 Å². The first kappa shape index (κ1) is 13.5. The largest absolute Gasteiger partial charge is 0.393 e. The van der Waals surface area contributed by atoms with E-state index < -0.39 is 5.60 Å². The Hall–Kier alpha value is -0.610. The first-order valence-electron chi connectivity index (χ1n) is 5.92. The molecule has 2 atom stereocenters. The molecule has 0 aromatic heterocycles. The zero-order valence-electron chi connectivity index (χ0n) is 10.7. The van der Waals surface area contributed by atoms with Crippen LogP contribution in [0.2, 0.25) is 0 Å². The fourth-order valence-corrected chi connectivity index (χ4v) is 2.18. The Kier molecular flexibility index (Phi) is 4.33. The molecule has 0 radical (unpaired) electrons. The van der Waals surface area contributed by atoms with Gasteiger partial charge >= 0.3 is 0 Å². The molecule has 1 aliphatic rings. The molecule has 2 unspecified atom stereocenters. The molecule has 0 bridgehead atoms. The number of hydrogen-bond donors (Lipinski definition) is 1. The molecule has 16 heavy (non-hydrogen) atoms. The molecule has 1 N–H and O–H groups in total. The predicted molar refractivity (Wildman–Crippen MR) is 62.1 cm³/mol. The van der Waals surface area contributed by atoms with Gasteiger partial charge in [-0.25, -0.2) is 0 Å². The highest BCUT2D eigenvalue weighted by atomic mass is 16.5. The van der Waals surface area contributed by atoms with Gasteiger partial charge < -0.3 is 14.7 Å². The molecule has 1 heterocycles. The first-order chi connectivity index (χ1) is 7.38. The van der Waals surface area contributed by atoms with Crippen LogP contribution in [0.25, 0.3) is 0 Å². The van der Waals surface area contributed by atoms with Crippen LogP contribution in [0.15, 0.2) is 0 Å². The maximum atomic E-state index is 12.2. The molecule has 1 saturated heterocycles. The van der Waals surface area contributed by atoms with Crippen molar-refractivity contribution < 1.29 is 14.6 Å².